The van der Waals surface area contributed by atoms with Crippen molar-refractivity contribution in [1.29, 1.82) is 0 Å². The molecule has 1 heterocycles. The summed E-state index contributed by atoms with van der Waals surface area (Å²) >= 11 is 1.37. The summed E-state index contributed by atoms with van der Waals surface area (Å²) in [5, 5.41) is 11.0. The Bertz CT molecular complexity index is 342. The van der Waals surface area contributed by atoms with E-state index in [0.717, 1.165) is 24.1 Å². The van der Waals surface area contributed by atoms with Gasteiger partial charge in [-0.3, -0.25) is 0 Å². The first-order chi connectivity index (χ1) is 7.14. The monoisotopic (exact) mass is 228 g/mol. The predicted molar refractivity (Wildman–Crippen MR) is 59.7 cm³/mol. The van der Waals surface area contributed by atoms with Crippen molar-refractivity contribution in [3.05, 3.63) is 11.1 Å². The quantitative estimate of drug-likeness (QED) is 0.805. The van der Waals surface area contributed by atoms with Crippen LogP contribution in [0.15, 0.2) is 6.20 Å². The van der Waals surface area contributed by atoms with Gasteiger partial charge in [0.2, 0.25) is 0 Å². The summed E-state index contributed by atoms with van der Waals surface area (Å²) in [5.74, 6) is 0. The number of methoxy groups -OCH3 is 1. The number of hydrogen-bond acceptors (Lipinski definition) is 5. The van der Waals surface area contributed by atoms with Gasteiger partial charge in [-0.15, -0.1) is 0 Å². The molecule has 1 saturated carbocycles. The second kappa shape index (κ2) is 4.08. The molecule has 1 fully saturated rings. The van der Waals surface area contributed by atoms with Gasteiger partial charge in [0.25, 0.3) is 0 Å². The van der Waals surface area contributed by atoms with E-state index in [2.05, 4.69) is 4.98 Å². The van der Waals surface area contributed by atoms with Gasteiger partial charge in [0.15, 0.2) is 5.13 Å². The van der Waals surface area contributed by atoms with Crippen LogP contribution in [0.5, 0.6) is 0 Å². The first-order valence-corrected chi connectivity index (χ1v) is 5.93. The van der Waals surface area contributed by atoms with Crippen LogP contribution in [-0.2, 0) is 10.3 Å². The van der Waals surface area contributed by atoms with Crippen molar-refractivity contribution in [1.82, 2.24) is 4.98 Å². The maximum Gasteiger partial charge on any atom is 0.180 e. The number of nitrogen functional groups attached to an aromatic ring is 1. The average Bonchev–Trinajstić information content (AvgIpc) is 2.65. The fourth-order valence-electron chi connectivity index (χ4n) is 2.13. The average molecular weight is 228 g/mol. The highest BCUT2D eigenvalue weighted by Crippen LogP contribution is 2.40. The molecule has 2 unspecified atom stereocenters. The summed E-state index contributed by atoms with van der Waals surface area (Å²) in [6.07, 6.45) is 5.24. The van der Waals surface area contributed by atoms with Crippen LogP contribution >= 0.6 is 11.3 Å². The highest BCUT2D eigenvalue weighted by Gasteiger charge is 2.37. The molecule has 2 rings (SSSR count). The van der Waals surface area contributed by atoms with Crippen LogP contribution in [0.3, 0.4) is 0 Å². The van der Waals surface area contributed by atoms with Gasteiger partial charge in [0, 0.05) is 19.7 Å². The summed E-state index contributed by atoms with van der Waals surface area (Å²) in [7, 11) is 1.69. The molecule has 0 aliphatic heterocycles. The van der Waals surface area contributed by atoms with Crippen molar-refractivity contribution in [2.75, 3.05) is 12.8 Å². The van der Waals surface area contributed by atoms with Crippen molar-refractivity contribution in [3.63, 3.8) is 0 Å². The lowest BCUT2D eigenvalue weighted by Gasteiger charge is -2.35. The van der Waals surface area contributed by atoms with E-state index in [9.17, 15) is 5.11 Å². The number of nitrogens with zero attached hydrogens (tertiary/aromatic N) is 1. The summed E-state index contributed by atoms with van der Waals surface area (Å²) < 4.78 is 5.31. The number of aromatic nitrogens is 1. The Morgan fingerprint density at radius 2 is 2.53 bits per heavy atom. The molecule has 3 N–H and O–H groups in total. The van der Waals surface area contributed by atoms with Crippen LogP contribution in [0.25, 0.3) is 0 Å². The molecule has 1 aliphatic rings. The molecule has 2 atom stereocenters. The van der Waals surface area contributed by atoms with Crippen molar-refractivity contribution in [2.45, 2.75) is 37.4 Å². The number of aliphatic hydroxyl groups is 1. The maximum absolute atomic E-state index is 10.5. The zero-order valence-electron chi connectivity index (χ0n) is 8.77. The third kappa shape index (κ3) is 2.14. The molecule has 1 aromatic rings. The number of thiazole rings is 1. The maximum atomic E-state index is 10.5. The third-order valence-electron chi connectivity index (χ3n) is 3.00. The Morgan fingerprint density at radius 1 is 1.73 bits per heavy atom. The van der Waals surface area contributed by atoms with Gasteiger partial charge in [0.05, 0.1) is 11.0 Å². The molecule has 0 saturated heterocycles. The number of hydrogen-bond donors (Lipinski definition) is 2. The Morgan fingerprint density at radius 3 is 3.13 bits per heavy atom. The highest BCUT2D eigenvalue weighted by molar-refractivity contribution is 7.15. The zero-order valence-corrected chi connectivity index (χ0v) is 9.59. The highest BCUT2D eigenvalue weighted by atomic mass is 32.1. The number of nitrogens with two attached hydrogens (primary N) is 1. The van der Waals surface area contributed by atoms with Gasteiger partial charge in [-0.2, -0.15) is 0 Å². The smallest absolute Gasteiger partial charge is 0.180 e. The van der Waals surface area contributed by atoms with Crippen LogP contribution in [0.4, 0.5) is 5.13 Å². The Balaban J connectivity index is 2.18. The Kier molecular flexibility index (Phi) is 2.95. The van der Waals surface area contributed by atoms with Crippen molar-refractivity contribution < 1.29 is 9.84 Å². The second-order valence-corrected chi connectivity index (χ2v) is 5.11. The normalized spacial score (nSPS) is 31.7. The molecule has 0 aromatic carbocycles. The SMILES string of the molecule is COC1CCCC(O)(c2cnc(N)s2)C1. The van der Waals surface area contributed by atoms with Crippen LogP contribution in [0, 0.1) is 0 Å². The topological polar surface area (TPSA) is 68.4 Å². The van der Waals surface area contributed by atoms with Crippen molar-refractivity contribution in [2.24, 2.45) is 0 Å². The van der Waals surface area contributed by atoms with E-state index in [1.54, 1.807) is 13.3 Å². The summed E-state index contributed by atoms with van der Waals surface area (Å²) in [6, 6.07) is 0. The van der Waals surface area contributed by atoms with Gasteiger partial charge in [-0.05, 0) is 19.3 Å². The van der Waals surface area contributed by atoms with Gasteiger partial charge >= 0.3 is 0 Å². The van der Waals surface area contributed by atoms with Crippen LogP contribution in [0.1, 0.15) is 30.6 Å². The minimum Gasteiger partial charge on any atom is -0.384 e. The zero-order chi connectivity index (χ0) is 10.9. The lowest BCUT2D eigenvalue weighted by Crippen LogP contribution is -2.35. The Hall–Kier alpha value is -0.650. The van der Waals surface area contributed by atoms with Gasteiger partial charge in [-0.1, -0.05) is 11.3 Å². The summed E-state index contributed by atoms with van der Waals surface area (Å²) in [5.41, 5.74) is 4.79. The molecule has 1 aromatic heterocycles. The molecule has 0 amide bonds. The lowest BCUT2D eigenvalue weighted by molar-refractivity contribution is -0.0610. The van der Waals surface area contributed by atoms with Gasteiger partial charge < -0.3 is 15.6 Å². The van der Waals surface area contributed by atoms with E-state index >= 15 is 0 Å². The fourth-order valence-corrected chi connectivity index (χ4v) is 2.94. The number of anilines is 1. The third-order valence-corrected chi connectivity index (χ3v) is 4.02. The van der Waals surface area contributed by atoms with E-state index in [1.807, 2.05) is 0 Å². The van der Waals surface area contributed by atoms with Crippen molar-refractivity contribution in [3.8, 4) is 0 Å². The van der Waals surface area contributed by atoms with Crippen molar-refractivity contribution >= 4 is 16.5 Å². The largest absolute Gasteiger partial charge is 0.384 e. The predicted octanol–water partition coefficient (Wildman–Crippen LogP) is 1.50. The van der Waals surface area contributed by atoms with Crippen LogP contribution in [-0.4, -0.2) is 23.3 Å². The molecule has 0 bridgehead atoms. The Labute approximate surface area is 93.1 Å². The van der Waals surface area contributed by atoms with E-state index in [4.69, 9.17) is 10.5 Å². The van der Waals surface area contributed by atoms with E-state index in [0.29, 0.717) is 11.6 Å². The first-order valence-electron chi connectivity index (χ1n) is 5.11. The summed E-state index contributed by atoms with van der Waals surface area (Å²) in [4.78, 5) is 4.85. The molecular weight excluding hydrogens is 212 g/mol. The summed E-state index contributed by atoms with van der Waals surface area (Å²) in [6.45, 7) is 0. The lowest BCUT2D eigenvalue weighted by atomic mass is 9.82. The molecule has 5 heteroatoms. The molecule has 0 radical (unpaired) electrons. The van der Waals surface area contributed by atoms with Crippen LogP contribution in [0.2, 0.25) is 0 Å². The van der Waals surface area contributed by atoms with Gasteiger partial charge in [-0.25, -0.2) is 4.98 Å². The van der Waals surface area contributed by atoms with E-state index in [-0.39, 0.29) is 6.10 Å². The molecule has 0 spiro atoms. The van der Waals surface area contributed by atoms with Crippen LogP contribution < -0.4 is 5.73 Å². The minimum atomic E-state index is -0.784. The first kappa shape index (κ1) is 10.9. The minimum absolute atomic E-state index is 0.145. The molecule has 15 heavy (non-hydrogen) atoms. The molecule has 4 nitrogen and oxygen atoms in total. The molecular formula is C10H16N2O2S. The van der Waals surface area contributed by atoms with E-state index < -0.39 is 5.60 Å². The number of ether oxygens (including phenoxy) is 1. The van der Waals surface area contributed by atoms with E-state index in [1.165, 1.54) is 11.3 Å². The fraction of sp³-hybridized carbons (Fsp3) is 0.700. The number of rotatable bonds is 2. The molecule has 84 valence electrons. The standard InChI is InChI=1S/C10H16N2O2S/c1-14-7-3-2-4-10(13,5-7)8-6-12-9(11)15-8/h6-7,13H,2-5H2,1H3,(H2,11,12). The molecule has 1 aliphatic carbocycles. The van der Waals surface area contributed by atoms with Gasteiger partial charge in [0.1, 0.15) is 5.60 Å². The second-order valence-electron chi connectivity index (χ2n) is 4.05.